The molecule has 0 heterocycles. The van der Waals surface area contributed by atoms with E-state index in [0.29, 0.717) is 17.0 Å². The number of rotatable bonds is 5. The summed E-state index contributed by atoms with van der Waals surface area (Å²) in [4.78, 5) is 23.7. The number of nitrogens with one attached hydrogen (secondary N) is 2. The van der Waals surface area contributed by atoms with E-state index >= 15 is 0 Å². The fraction of sp³-hybridized carbons (Fsp3) is 0.125. The molecule has 0 saturated heterocycles. The lowest BCUT2D eigenvalue weighted by atomic mass is 10.2. The minimum absolute atomic E-state index is 0.0942. The average molecular weight is 337 g/mol. The number of methoxy groups -OCH3 is 1. The number of carbonyl (C=O) groups excluding carboxylic acids is 2. The number of anilines is 1. The molecule has 0 spiro atoms. The first-order valence-corrected chi connectivity index (χ1v) is 7.04. The first-order chi connectivity index (χ1) is 11.0. The molecule has 0 aromatic heterocycles. The van der Waals surface area contributed by atoms with Gasteiger partial charge >= 0.3 is 0 Å². The van der Waals surface area contributed by atoms with E-state index in [1.54, 1.807) is 24.3 Å². The van der Waals surface area contributed by atoms with Crippen molar-refractivity contribution in [2.45, 2.75) is 0 Å². The third-order valence-corrected chi connectivity index (χ3v) is 3.23. The summed E-state index contributed by atoms with van der Waals surface area (Å²) in [6, 6.07) is 10.4. The van der Waals surface area contributed by atoms with Crippen LogP contribution in [0.2, 0.25) is 5.02 Å². The largest absolute Gasteiger partial charge is 0.497 e. The zero-order valence-electron chi connectivity index (χ0n) is 12.2. The minimum atomic E-state index is -0.573. The van der Waals surface area contributed by atoms with Crippen molar-refractivity contribution in [3.05, 3.63) is 58.9 Å². The van der Waals surface area contributed by atoms with E-state index in [4.69, 9.17) is 16.3 Å². The number of amides is 2. The second-order valence-electron chi connectivity index (χ2n) is 4.59. The van der Waals surface area contributed by atoms with Crippen LogP contribution in [0.1, 0.15) is 10.4 Å². The van der Waals surface area contributed by atoms with Gasteiger partial charge in [-0.3, -0.25) is 9.59 Å². The molecule has 0 radical (unpaired) electrons. The third kappa shape index (κ3) is 4.69. The van der Waals surface area contributed by atoms with Gasteiger partial charge in [-0.25, -0.2) is 4.39 Å². The minimum Gasteiger partial charge on any atom is -0.497 e. The molecule has 0 fully saturated rings. The quantitative estimate of drug-likeness (QED) is 0.882. The van der Waals surface area contributed by atoms with Gasteiger partial charge in [0.2, 0.25) is 5.91 Å². The molecule has 5 nitrogen and oxygen atoms in total. The lowest BCUT2D eigenvalue weighted by Crippen LogP contribution is -2.32. The van der Waals surface area contributed by atoms with Crippen LogP contribution in [0.15, 0.2) is 42.5 Å². The van der Waals surface area contributed by atoms with E-state index in [0.717, 1.165) is 6.07 Å². The maximum absolute atomic E-state index is 13.0. The average Bonchev–Trinajstić information content (AvgIpc) is 2.56. The third-order valence-electron chi connectivity index (χ3n) is 2.94. The smallest absolute Gasteiger partial charge is 0.251 e. The predicted octanol–water partition coefficient (Wildman–Crippen LogP) is 2.86. The van der Waals surface area contributed by atoms with Gasteiger partial charge < -0.3 is 15.4 Å². The van der Waals surface area contributed by atoms with Crippen LogP contribution >= 0.6 is 11.6 Å². The van der Waals surface area contributed by atoms with Crippen molar-refractivity contribution in [2.24, 2.45) is 0 Å². The number of halogens is 2. The van der Waals surface area contributed by atoms with Crippen LogP contribution in [-0.4, -0.2) is 25.5 Å². The lowest BCUT2D eigenvalue weighted by Gasteiger charge is -2.08. The van der Waals surface area contributed by atoms with Crippen molar-refractivity contribution in [1.82, 2.24) is 5.32 Å². The summed E-state index contributed by atoms with van der Waals surface area (Å²) in [5.41, 5.74) is 0.721. The fourth-order valence-corrected chi connectivity index (χ4v) is 1.99. The predicted molar refractivity (Wildman–Crippen MR) is 85.4 cm³/mol. The molecule has 2 aromatic carbocycles. The molecule has 0 saturated carbocycles. The maximum Gasteiger partial charge on any atom is 0.251 e. The summed E-state index contributed by atoms with van der Waals surface area (Å²) in [6.45, 7) is -0.231. The van der Waals surface area contributed by atoms with Gasteiger partial charge in [0.25, 0.3) is 5.91 Å². The summed E-state index contributed by atoms with van der Waals surface area (Å²) in [5.74, 6) is -0.890. The normalized spacial score (nSPS) is 10.0. The van der Waals surface area contributed by atoms with E-state index in [9.17, 15) is 14.0 Å². The van der Waals surface area contributed by atoms with Gasteiger partial charge in [0, 0.05) is 11.3 Å². The molecule has 0 aliphatic rings. The monoisotopic (exact) mass is 336 g/mol. The Labute approximate surface area is 137 Å². The first kappa shape index (κ1) is 16.8. The molecule has 2 aromatic rings. The van der Waals surface area contributed by atoms with Crippen molar-refractivity contribution in [2.75, 3.05) is 19.0 Å². The topological polar surface area (TPSA) is 67.4 Å². The Morgan fingerprint density at radius 3 is 2.70 bits per heavy atom. The second-order valence-corrected chi connectivity index (χ2v) is 5.00. The van der Waals surface area contributed by atoms with Crippen LogP contribution in [-0.2, 0) is 4.79 Å². The zero-order valence-corrected chi connectivity index (χ0v) is 13.0. The molecule has 2 rings (SSSR count). The van der Waals surface area contributed by atoms with E-state index < -0.39 is 17.6 Å². The molecule has 0 unspecified atom stereocenters. The Hall–Kier alpha value is -2.60. The second kappa shape index (κ2) is 7.60. The van der Waals surface area contributed by atoms with Gasteiger partial charge in [-0.05, 0) is 36.4 Å². The lowest BCUT2D eigenvalue weighted by molar-refractivity contribution is -0.115. The molecule has 2 amide bonds. The van der Waals surface area contributed by atoms with Crippen LogP contribution in [0, 0.1) is 5.82 Å². The zero-order chi connectivity index (χ0) is 16.8. The summed E-state index contributed by atoms with van der Waals surface area (Å²) in [5, 5.41) is 4.90. The van der Waals surface area contributed by atoms with Crippen molar-refractivity contribution in [1.29, 1.82) is 0 Å². The highest BCUT2D eigenvalue weighted by atomic mass is 35.5. The molecule has 0 bridgehead atoms. The molecular formula is C16H14ClFN2O3. The molecule has 7 heteroatoms. The summed E-state index contributed by atoms with van der Waals surface area (Å²) < 4.78 is 18.1. The maximum atomic E-state index is 13.0. The molecule has 2 N–H and O–H groups in total. The van der Waals surface area contributed by atoms with Crippen LogP contribution < -0.4 is 15.4 Å². The molecule has 23 heavy (non-hydrogen) atoms. The Morgan fingerprint density at radius 1 is 1.22 bits per heavy atom. The number of hydrogen-bond acceptors (Lipinski definition) is 3. The van der Waals surface area contributed by atoms with Crippen molar-refractivity contribution in [3.63, 3.8) is 0 Å². The number of hydrogen-bond donors (Lipinski definition) is 2. The molecule has 0 aliphatic heterocycles. The van der Waals surface area contributed by atoms with E-state index in [1.165, 1.54) is 19.2 Å². The summed E-state index contributed by atoms with van der Waals surface area (Å²) in [6.07, 6.45) is 0. The molecule has 0 atom stereocenters. The first-order valence-electron chi connectivity index (χ1n) is 6.67. The Bertz CT molecular complexity index is 737. The Kier molecular flexibility index (Phi) is 5.54. The van der Waals surface area contributed by atoms with Crippen molar-refractivity contribution in [3.8, 4) is 5.75 Å². The van der Waals surface area contributed by atoms with Gasteiger partial charge in [-0.15, -0.1) is 0 Å². The summed E-state index contributed by atoms with van der Waals surface area (Å²) >= 11 is 5.63. The number of ether oxygens (including phenoxy) is 1. The van der Waals surface area contributed by atoms with Gasteiger partial charge in [0.05, 0.1) is 18.7 Å². The highest BCUT2D eigenvalue weighted by Crippen LogP contribution is 2.19. The fourth-order valence-electron chi connectivity index (χ4n) is 1.81. The van der Waals surface area contributed by atoms with Crippen molar-refractivity contribution >= 4 is 29.1 Å². The van der Waals surface area contributed by atoms with Crippen LogP contribution in [0.5, 0.6) is 5.75 Å². The van der Waals surface area contributed by atoms with Crippen LogP contribution in [0.4, 0.5) is 10.1 Å². The number of carbonyl (C=O) groups is 2. The van der Waals surface area contributed by atoms with Gasteiger partial charge in [0.15, 0.2) is 0 Å². The number of benzene rings is 2. The standard InChI is InChI=1S/C16H14ClFN2O3/c1-23-12-4-2-3-10(7-12)16(22)19-9-15(21)20-11-5-6-14(18)13(17)8-11/h2-8H,9H2,1H3,(H,19,22)(H,20,21). The van der Waals surface area contributed by atoms with E-state index in [2.05, 4.69) is 10.6 Å². The van der Waals surface area contributed by atoms with Gasteiger partial charge in [-0.1, -0.05) is 17.7 Å². The summed E-state index contributed by atoms with van der Waals surface area (Å²) in [7, 11) is 1.50. The highest BCUT2D eigenvalue weighted by molar-refractivity contribution is 6.31. The Balaban J connectivity index is 1.90. The van der Waals surface area contributed by atoms with Gasteiger partial charge in [-0.2, -0.15) is 0 Å². The Morgan fingerprint density at radius 2 is 2.00 bits per heavy atom. The SMILES string of the molecule is COc1cccc(C(=O)NCC(=O)Nc2ccc(F)c(Cl)c2)c1. The van der Waals surface area contributed by atoms with E-state index in [-0.39, 0.29) is 11.6 Å². The molecule has 0 aliphatic carbocycles. The molecule has 120 valence electrons. The van der Waals surface area contributed by atoms with Crippen LogP contribution in [0.3, 0.4) is 0 Å². The highest BCUT2D eigenvalue weighted by Gasteiger charge is 2.10. The van der Waals surface area contributed by atoms with Gasteiger partial charge in [0.1, 0.15) is 11.6 Å². The van der Waals surface area contributed by atoms with Crippen LogP contribution in [0.25, 0.3) is 0 Å². The molecular weight excluding hydrogens is 323 g/mol. The van der Waals surface area contributed by atoms with E-state index in [1.807, 2.05) is 0 Å². The van der Waals surface area contributed by atoms with Crippen molar-refractivity contribution < 1.29 is 18.7 Å².